The molecule has 3 aliphatic rings. The van der Waals surface area contributed by atoms with Crippen LogP contribution in [0.5, 0.6) is 11.5 Å². The molecule has 5 nitrogen and oxygen atoms in total. The molecule has 2 unspecified atom stereocenters. The molecule has 1 fully saturated rings. The van der Waals surface area contributed by atoms with E-state index in [4.69, 9.17) is 23.7 Å². The SMILES string of the molecule is COc1cc2c(cc1OC)C(C)(C1=C/C=C(\C)OCO\C=C\1)CC1COCC1=C2. The lowest BCUT2D eigenvalue weighted by molar-refractivity contribution is 0.0299. The summed E-state index contributed by atoms with van der Waals surface area (Å²) in [4.78, 5) is 0. The Labute approximate surface area is 172 Å². The van der Waals surface area contributed by atoms with Crippen LogP contribution >= 0.6 is 0 Å². The van der Waals surface area contributed by atoms with Gasteiger partial charge in [-0.15, -0.1) is 0 Å². The molecule has 0 aromatic heterocycles. The van der Waals surface area contributed by atoms with Gasteiger partial charge in [-0.3, -0.25) is 0 Å². The summed E-state index contributed by atoms with van der Waals surface area (Å²) in [5.74, 6) is 2.65. The Morgan fingerprint density at radius 1 is 1.10 bits per heavy atom. The summed E-state index contributed by atoms with van der Waals surface area (Å²) in [5, 5.41) is 0. The summed E-state index contributed by atoms with van der Waals surface area (Å²) in [6.07, 6.45) is 11.1. The van der Waals surface area contributed by atoms with Gasteiger partial charge in [0.25, 0.3) is 0 Å². The highest BCUT2D eigenvalue weighted by Crippen LogP contribution is 2.49. The molecule has 2 atom stereocenters. The molecule has 5 heteroatoms. The first kappa shape index (κ1) is 19.6. The molecule has 4 rings (SSSR count). The quantitative estimate of drug-likeness (QED) is 0.738. The fourth-order valence-corrected chi connectivity index (χ4v) is 4.43. The first-order valence-electron chi connectivity index (χ1n) is 9.90. The molecule has 1 aromatic rings. The van der Waals surface area contributed by atoms with Crippen molar-refractivity contribution < 1.29 is 23.7 Å². The Morgan fingerprint density at radius 3 is 2.69 bits per heavy atom. The lowest BCUT2D eigenvalue weighted by Crippen LogP contribution is -2.28. The van der Waals surface area contributed by atoms with E-state index in [1.54, 1.807) is 20.5 Å². The molecule has 29 heavy (non-hydrogen) atoms. The topological polar surface area (TPSA) is 46.2 Å². The maximum Gasteiger partial charge on any atom is 0.229 e. The molecule has 2 heterocycles. The van der Waals surface area contributed by atoms with E-state index in [-0.39, 0.29) is 12.2 Å². The van der Waals surface area contributed by atoms with Gasteiger partial charge in [0.1, 0.15) is 0 Å². The maximum absolute atomic E-state index is 5.81. The highest BCUT2D eigenvalue weighted by atomic mass is 16.7. The summed E-state index contributed by atoms with van der Waals surface area (Å²) >= 11 is 0. The molecule has 1 saturated heterocycles. The third-order valence-electron chi connectivity index (χ3n) is 6.09. The van der Waals surface area contributed by atoms with Gasteiger partial charge < -0.3 is 23.7 Å². The van der Waals surface area contributed by atoms with Crippen molar-refractivity contribution >= 4 is 6.08 Å². The Hall–Kier alpha value is -2.66. The molecule has 1 aliphatic carbocycles. The van der Waals surface area contributed by atoms with Crippen LogP contribution in [0, 0.1) is 5.92 Å². The molecule has 0 amide bonds. The van der Waals surface area contributed by atoms with Crippen molar-refractivity contribution in [2.24, 2.45) is 5.92 Å². The molecule has 154 valence electrons. The Morgan fingerprint density at radius 2 is 1.90 bits per heavy atom. The second-order valence-corrected chi connectivity index (χ2v) is 7.89. The highest BCUT2D eigenvalue weighted by molar-refractivity contribution is 5.68. The van der Waals surface area contributed by atoms with Crippen LogP contribution < -0.4 is 9.47 Å². The van der Waals surface area contributed by atoms with Gasteiger partial charge >= 0.3 is 0 Å². The second-order valence-electron chi connectivity index (χ2n) is 7.89. The summed E-state index contributed by atoms with van der Waals surface area (Å²) in [6, 6.07) is 4.18. The molecule has 2 aliphatic heterocycles. The van der Waals surface area contributed by atoms with Gasteiger partial charge in [0, 0.05) is 11.3 Å². The van der Waals surface area contributed by atoms with Crippen LogP contribution in [0.4, 0.5) is 0 Å². The number of allylic oxidation sites excluding steroid dienone is 5. The van der Waals surface area contributed by atoms with Crippen molar-refractivity contribution in [2.75, 3.05) is 34.2 Å². The fraction of sp³-hybridized carbons (Fsp3) is 0.417. The van der Waals surface area contributed by atoms with Crippen LogP contribution in [0.1, 0.15) is 31.4 Å². The average molecular weight is 396 g/mol. The van der Waals surface area contributed by atoms with E-state index >= 15 is 0 Å². The zero-order valence-corrected chi connectivity index (χ0v) is 17.5. The minimum absolute atomic E-state index is 0.209. The zero-order valence-electron chi connectivity index (χ0n) is 17.5. The number of hydrogen-bond acceptors (Lipinski definition) is 5. The molecule has 0 bridgehead atoms. The van der Waals surface area contributed by atoms with Gasteiger partial charge in [0.15, 0.2) is 11.5 Å². The number of benzene rings is 1. The highest BCUT2D eigenvalue weighted by Gasteiger charge is 2.40. The summed E-state index contributed by atoms with van der Waals surface area (Å²) in [7, 11) is 3.35. The molecule has 1 aromatic carbocycles. The monoisotopic (exact) mass is 396 g/mol. The predicted octanol–water partition coefficient (Wildman–Crippen LogP) is 4.74. The first-order valence-corrected chi connectivity index (χ1v) is 9.90. The lowest BCUT2D eigenvalue weighted by Gasteiger charge is -2.34. The Kier molecular flexibility index (Phi) is 5.41. The molecule has 0 saturated carbocycles. The van der Waals surface area contributed by atoms with E-state index in [9.17, 15) is 0 Å². The standard InChI is InChI=1S/C24H28O5/c1-16-5-6-20(7-8-27-15-29-16)24(2)12-19-14-28-13-18(19)9-17-10-22(25-3)23(26-4)11-21(17)24/h5-11,19H,12-15H2,1-4H3/b8-7+,16-5+,20-6+. The van der Waals surface area contributed by atoms with Crippen LogP contribution in [0.15, 0.2) is 53.5 Å². The average Bonchev–Trinajstić information content (AvgIpc) is 3.14. The van der Waals surface area contributed by atoms with Gasteiger partial charge in [-0.2, -0.15) is 0 Å². The predicted molar refractivity (Wildman–Crippen MR) is 112 cm³/mol. The van der Waals surface area contributed by atoms with Gasteiger partial charge in [-0.05, 0) is 59.9 Å². The number of ether oxygens (including phenoxy) is 5. The zero-order chi connectivity index (χ0) is 20.4. The van der Waals surface area contributed by atoms with Gasteiger partial charge in [0.2, 0.25) is 6.79 Å². The number of methoxy groups -OCH3 is 2. The second kappa shape index (κ2) is 7.99. The fourth-order valence-electron chi connectivity index (χ4n) is 4.43. The first-order chi connectivity index (χ1) is 14.0. The maximum atomic E-state index is 5.81. The number of rotatable bonds is 3. The van der Waals surface area contributed by atoms with E-state index in [1.807, 2.05) is 19.1 Å². The lowest BCUT2D eigenvalue weighted by atomic mass is 9.69. The smallest absolute Gasteiger partial charge is 0.229 e. The van der Waals surface area contributed by atoms with Crippen molar-refractivity contribution in [3.05, 3.63) is 64.7 Å². The normalized spacial score (nSPS) is 30.8. The van der Waals surface area contributed by atoms with E-state index < -0.39 is 0 Å². The van der Waals surface area contributed by atoms with Gasteiger partial charge in [-0.25, -0.2) is 0 Å². The van der Waals surface area contributed by atoms with Crippen molar-refractivity contribution in [2.45, 2.75) is 25.7 Å². The van der Waals surface area contributed by atoms with Crippen molar-refractivity contribution in [3.63, 3.8) is 0 Å². The van der Waals surface area contributed by atoms with Gasteiger partial charge in [-0.1, -0.05) is 19.1 Å². The third-order valence-corrected chi connectivity index (χ3v) is 6.09. The van der Waals surface area contributed by atoms with E-state index in [0.29, 0.717) is 12.5 Å². The third kappa shape index (κ3) is 3.67. The molecular weight excluding hydrogens is 368 g/mol. The van der Waals surface area contributed by atoms with Crippen molar-refractivity contribution in [3.8, 4) is 11.5 Å². The van der Waals surface area contributed by atoms with Crippen LogP contribution in [0.25, 0.3) is 6.08 Å². The van der Waals surface area contributed by atoms with Crippen LogP contribution in [-0.4, -0.2) is 34.2 Å². The number of fused-ring (bicyclic) bond motifs is 2. The summed E-state index contributed by atoms with van der Waals surface area (Å²) in [5.41, 5.74) is 4.56. The minimum atomic E-state index is -0.271. The number of hydrogen-bond donors (Lipinski definition) is 0. The molecule has 0 N–H and O–H groups in total. The van der Waals surface area contributed by atoms with Crippen molar-refractivity contribution in [1.29, 1.82) is 0 Å². The minimum Gasteiger partial charge on any atom is -0.493 e. The summed E-state index contributed by atoms with van der Waals surface area (Å²) in [6.45, 7) is 5.85. The Balaban J connectivity index is 1.92. The van der Waals surface area contributed by atoms with E-state index in [0.717, 1.165) is 41.4 Å². The molecular formula is C24H28O5. The molecule has 0 spiro atoms. The van der Waals surface area contributed by atoms with Crippen LogP contribution in [0.2, 0.25) is 0 Å². The summed E-state index contributed by atoms with van der Waals surface area (Å²) < 4.78 is 28.1. The van der Waals surface area contributed by atoms with E-state index in [2.05, 4.69) is 31.2 Å². The van der Waals surface area contributed by atoms with Crippen molar-refractivity contribution in [1.82, 2.24) is 0 Å². The Bertz CT molecular complexity index is 908. The van der Waals surface area contributed by atoms with Crippen LogP contribution in [0.3, 0.4) is 0 Å². The largest absolute Gasteiger partial charge is 0.493 e. The molecule has 0 radical (unpaired) electrons. The van der Waals surface area contributed by atoms with Gasteiger partial charge in [0.05, 0.1) is 39.5 Å². The van der Waals surface area contributed by atoms with E-state index in [1.165, 1.54) is 11.1 Å². The van der Waals surface area contributed by atoms with Crippen LogP contribution in [-0.2, 0) is 19.6 Å².